The molecule has 136 valence electrons. The van der Waals surface area contributed by atoms with Gasteiger partial charge in [0.15, 0.2) is 5.96 Å². The predicted octanol–water partition coefficient (Wildman–Crippen LogP) is 2.76. The summed E-state index contributed by atoms with van der Waals surface area (Å²) in [5, 5.41) is 3.41. The van der Waals surface area contributed by atoms with Gasteiger partial charge in [0.05, 0.1) is 13.7 Å². The molecule has 1 fully saturated rings. The Hall–Kier alpha value is -0.830. The minimum atomic E-state index is 0. The monoisotopic (exact) mass is 464 g/mol. The van der Waals surface area contributed by atoms with Gasteiger partial charge in [-0.3, -0.25) is 4.99 Å². The maximum absolute atomic E-state index is 5.32. The highest BCUT2D eigenvalue weighted by Gasteiger charge is 2.19. The van der Waals surface area contributed by atoms with Crippen molar-refractivity contribution in [2.75, 3.05) is 63.3 Å². The van der Waals surface area contributed by atoms with Crippen LogP contribution in [-0.2, 0) is 0 Å². The van der Waals surface area contributed by atoms with Crippen LogP contribution in [0.1, 0.15) is 6.92 Å². The molecular weight excluding hydrogens is 435 g/mol. The Morgan fingerprint density at radius 1 is 1.29 bits per heavy atom. The van der Waals surface area contributed by atoms with Crippen molar-refractivity contribution in [2.45, 2.75) is 6.92 Å². The quantitative estimate of drug-likeness (QED) is 0.304. The van der Waals surface area contributed by atoms with Crippen molar-refractivity contribution in [3.05, 3.63) is 24.3 Å². The van der Waals surface area contributed by atoms with E-state index in [9.17, 15) is 0 Å². The van der Waals surface area contributed by atoms with Gasteiger partial charge in [-0.2, -0.15) is 11.8 Å². The van der Waals surface area contributed by atoms with E-state index < -0.39 is 0 Å². The molecule has 0 bridgehead atoms. The number of benzene rings is 1. The second kappa shape index (κ2) is 11.7. The van der Waals surface area contributed by atoms with Crippen molar-refractivity contribution in [1.82, 2.24) is 10.2 Å². The molecule has 0 spiro atoms. The Morgan fingerprint density at radius 3 is 2.67 bits per heavy atom. The van der Waals surface area contributed by atoms with Crippen molar-refractivity contribution in [3.63, 3.8) is 0 Å². The average molecular weight is 464 g/mol. The standard InChI is InChI=1S/C17H28N4OS.HI/c1-4-18-17(19-8-13-23-3)21-11-9-20(10-12-21)15-6-5-7-16(14-15)22-2;/h5-7,14H,4,8-13H2,1-3H3,(H,18,19);1H. The molecule has 1 aromatic rings. The molecule has 0 aliphatic carbocycles. The molecule has 5 nitrogen and oxygen atoms in total. The number of anilines is 1. The van der Waals surface area contributed by atoms with Crippen molar-refractivity contribution >= 4 is 47.4 Å². The van der Waals surface area contributed by atoms with Gasteiger partial charge in [-0.1, -0.05) is 6.07 Å². The van der Waals surface area contributed by atoms with Crippen molar-refractivity contribution in [1.29, 1.82) is 0 Å². The molecule has 24 heavy (non-hydrogen) atoms. The van der Waals surface area contributed by atoms with Gasteiger partial charge < -0.3 is 19.9 Å². The number of aliphatic imine (C=N–C) groups is 1. The lowest BCUT2D eigenvalue weighted by atomic mass is 10.2. The van der Waals surface area contributed by atoms with Crippen LogP contribution >= 0.6 is 35.7 Å². The van der Waals surface area contributed by atoms with Crippen LogP contribution in [0.4, 0.5) is 5.69 Å². The Balaban J connectivity index is 0.00000288. The van der Waals surface area contributed by atoms with Gasteiger partial charge in [0.1, 0.15) is 5.75 Å². The highest BCUT2D eigenvalue weighted by molar-refractivity contribution is 14.0. The molecule has 1 aliphatic heterocycles. The maximum Gasteiger partial charge on any atom is 0.194 e. The average Bonchev–Trinajstić information content (AvgIpc) is 2.61. The number of halogens is 1. The highest BCUT2D eigenvalue weighted by Crippen LogP contribution is 2.22. The Morgan fingerprint density at radius 2 is 2.04 bits per heavy atom. The van der Waals surface area contributed by atoms with E-state index in [2.05, 4.69) is 46.5 Å². The van der Waals surface area contributed by atoms with E-state index in [-0.39, 0.29) is 24.0 Å². The lowest BCUT2D eigenvalue weighted by molar-refractivity contribution is 0.372. The largest absolute Gasteiger partial charge is 0.497 e. The smallest absolute Gasteiger partial charge is 0.194 e. The number of nitrogens with zero attached hydrogens (tertiary/aromatic N) is 3. The molecule has 0 amide bonds. The second-order valence-electron chi connectivity index (χ2n) is 5.40. The van der Waals surface area contributed by atoms with Gasteiger partial charge in [-0.05, 0) is 25.3 Å². The third-order valence-corrected chi connectivity index (χ3v) is 4.48. The van der Waals surface area contributed by atoms with E-state index in [0.29, 0.717) is 0 Å². The molecule has 1 heterocycles. The van der Waals surface area contributed by atoms with Gasteiger partial charge in [0.25, 0.3) is 0 Å². The van der Waals surface area contributed by atoms with Crippen molar-refractivity contribution in [3.8, 4) is 5.75 Å². The number of hydrogen-bond donors (Lipinski definition) is 1. The Bertz CT molecular complexity index is 507. The van der Waals surface area contributed by atoms with Crippen LogP contribution < -0.4 is 15.0 Å². The number of piperazine rings is 1. The van der Waals surface area contributed by atoms with Crippen LogP contribution in [0.25, 0.3) is 0 Å². The van der Waals surface area contributed by atoms with Gasteiger partial charge in [-0.25, -0.2) is 0 Å². The summed E-state index contributed by atoms with van der Waals surface area (Å²) in [5.41, 5.74) is 1.23. The topological polar surface area (TPSA) is 40.1 Å². The lowest BCUT2D eigenvalue weighted by Crippen LogP contribution is -2.52. The minimum absolute atomic E-state index is 0. The number of methoxy groups -OCH3 is 1. The van der Waals surface area contributed by atoms with Gasteiger partial charge in [0, 0.05) is 50.2 Å². The Kier molecular flexibility index (Phi) is 10.3. The zero-order valence-corrected chi connectivity index (χ0v) is 18.0. The first-order valence-electron chi connectivity index (χ1n) is 8.19. The number of thioether (sulfide) groups is 1. The number of ether oxygens (including phenoxy) is 1. The van der Waals surface area contributed by atoms with Crippen LogP contribution in [0.15, 0.2) is 29.3 Å². The molecular formula is C17H29IN4OS. The van der Waals surface area contributed by atoms with E-state index in [4.69, 9.17) is 9.73 Å². The second-order valence-corrected chi connectivity index (χ2v) is 6.39. The lowest BCUT2D eigenvalue weighted by Gasteiger charge is -2.37. The molecule has 1 N–H and O–H groups in total. The highest BCUT2D eigenvalue weighted by atomic mass is 127. The van der Waals surface area contributed by atoms with E-state index >= 15 is 0 Å². The van der Waals surface area contributed by atoms with Crippen LogP contribution in [0.2, 0.25) is 0 Å². The summed E-state index contributed by atoms with van der Waals surface area (Å²) in [6.45, 7) is 7.88. The zero-order chi connectivity index (χ0) is 16.5. The molecule has 1 aromatic carbocycles. The van der Waals surface area contributed by atoms with Gasteiger partial charge >= 0.3 is 0 Å². The van der Waals surface area contributed by atoms with Crippen LogP contribution in [0, 0.1) is 0 Å². The fourth-order valence-electron chi connectivity index (χ4n) is 2.65. The summed E-state index contributed by atoms with van der Waals surface area (Å²) in [4.78, 5) is 9.49. The first-order valence-corrected chi connectivity index (χ1v) is 9.59. The summed E-state index contributed by atoms with van der Waals surface area (Å²) in [7, 11) is 1.71. The van der Waals surface area contributed by atoms with E-state index in [1.807, 2.05) is 17.8 Å². The third-order valence-electron chi connectivity index (χ3n) is 3.89. The number of rotatable bonds is 6. The number of guanidine groups is 1. The molecule has 1 aliphatic rings. The van der Waals surface area contributed by atoms with Crippen LogP contribution in [0.5, 0.6) is 5.75 Å². The number of hydrogen-bond acceptors (Lipinski definition) is 4. The summed E-state index contributed by atoms with van der Waals surface area (Å²) in [6.07, 6.45) is 2.12. The summed E-state index contributed by atoms with van der Waals surface area (Å²) < 4.78 is 5.32. The molecule has 0 radical (unpaired) electrons. The molecule has 1 saturated heterocycles. The molecule has 0 aromatic heterocycles. The molecule has 7 heteroatoms. The van der Waals surface area contributed by atoms with Crippen molar-refractivity contribution in [2.24, 2.45) is 4.99 Å². The predicted molar refractivity (Wildman–Crippen MR) is 117 cm³/mol. The maximum atomic E-state index is 5.32. The number of nitrogens with one attached hydrogen (secondary N) is 1. The van der Waals surface area contributed by atoms with Gasteiger partial charge in [-0.15, -0.1) is 24.0 Å². The fourth-order valence-corrected chi connectivity index (χ4v) is 2.93. The zero-order valence-electron chi connectivity index (χ0n) is 14.8. The SMILES string of the molecule is CCNC(=NCCSC)N1CCN(c2cccc(OC)c2)CC1.I. The summed E-state index contributed by atoms with van der Waals surface area (Å²) >= 11 is 1.84. The molecule has 2 rings (SSSR count). The van der Waals surface area contributed by atoms with Gasteiger partial charge in [0.2, 0.25) is 0 Å². The molecule has 0 saturated carbocycles. The normalized spacial score (nSPS) is 15.0. The third kappa shape index (κ3) is 6.23. The fraction of sp³-hybridized carbons (Fsp3) is 0.588. The summed E-state index contributed by atoms with van der Waals surface area (Å²) in [6, 6.07) is 8.29. The van der Waals surface area contributed by atoms with E-state index in [1.54, 1.807) is 7.11 Å². The van der Waals surface area contributed by atoms with Crippen LogP contribution in [0.3, 0.4) is 0 Å². The van der Waals surface area contributed by atoms with Crippen molar-refractivity contribution < 1.29 is 4.74 Å². The Labute approximate surface area is 167 Å². The van der Waals surface area contributed by atoms with E-state index in [1.165, 1.54) is 5.69 Å². The summed E-state index contributed by atoms with van der Waals surface area (Å²) in [5.74, 6) is 3.03. The minimum Gasteiger partial charge on any atom is -0.497 e. The van der Waals surface area contributed by atoms with E-state index in [0.717, 1.165) is 56.7 Å². The molecule has 0 unspecified atom stereocenters. The van der Waals surface area contributed by atoms with Crippen LogP contribution in [-0.4, -0.2) is 69.2 Å². The first-order chi connectivity index (χ1) is 11.3. The first kappa shape index (κ1) is 21.2. The molecule has 0 atom stereocenters.